The summed E-state index contributed by atoms with van der Waals surface area (Å²) in [4.78, 5) is 32.6. The first kappa shape index (κ1) is 20.3. The van der Waals surface area contributed by atoms with Gasteiger partial charge in [-0.25, -0.2) is 4.98 Å². The lowest BCUT2D eigenvalue weighted by Gasteiger charge is -2.32. The second kappa shape index (κ2) is 8.48. The number of anilines is 2. The van der Waals surface area contributed by atoms with Gasteiger partial charge in [-0.1, -0.05) is 54.1 Å². The Morgan fingerprint density at radius 3 is 2.50 bits per heavy atom. The Morgan fingerprint density at radius 1 is 1.00 bits per heavy atom. The number of fused-ring (bicyclic) bond motifs is 3. The highest BCUT2D eigenvalue weighted by atomic mass is 35.5. The topological polar surface area (TPSA) is 67.2 Å². The Labute approximate surface area is 190 Å². The van der Waals surface area contributed by atoms with Crippen molar-refractivity contribution in [1.82, 2.24) is 9.55 Å². The van der Waals surface area contributed by atoms with Gasteiger partial charge in [0.15, 0.2) is 0 Å². The lowest BCUT2D eigenvalue weighted by Crippen LogP contribution is -2.44. The molecule has 2 heterocycles. The number of hydrogen-bond donors (Lipinski definition) is 1. The van der Waals surface area contributed by atoms with Gasteiger partial charge in [-0.15, -0.1) is 0 Å². The molecule has 1 aliphatic rings. The molecule has 0 saturated heterocycles. The third-order valence-corrected chi connectivity index (χ3v) is 5.89. The number of aromatic nitrogens is 2. The first-order valence-corrected chi connectivity index (χ1v) is 10.8. The highest BCUT2D eigenvalue weighted by molar-refractivity contribution is 6.30. The summed E-state index contributed by atoms with van der Waals surface area (Å²) in [5, 5.41) is 3.46. The molecule has 5 rings (SSSR count). The van der Waals surface area contributed by atoms with E-state index in [0.717, 1.165) is 16.6 Å². The van der Waals surface area contributed by atoms with E-state index in [9.17, 15) is 9.59 Å². The summed E-state index contributed by atoms with van der Waals surface area (Å²) in [6.45, 7) is 0.812. The molecule has 7 heteroatoms. The Hall–Kier alpha value is -3.64. The van der Waals surface area contributed by atoms with Crippen LogP contribution in [0.5, 0.6) is 0 Å². The van der Waals surface area contributed by atoms with Crippen LogP contribution in [0.1, 0.15) is 12.0 Å². The normalized spacial score (nSPS) is 15.6. The van der Waals surface area contributed by atoms with Crippen LogP contribution >= 0.6 is 11.6 Å². The summed E-state index contributed by atoms with van der Waals surface area (Å²) in [7, 11) is 0. The fourth-order valence-electron chi connectivity index (χ4n) is 4.10. The number of halogens is 1. The number of benzene rings is 3. The number of para-hydroxylation sites is 2. The fourth-order valence-corrected chi connectivity index (χ4v) is 4.23. The van der Waals surface area contributed by atoms with Gasteiger partial charge < -0.3 is 9.88 Å². The maximum Gasteiger partial charge on any atom is 0.235 e. The third kappa shape index (κ3) is 3.97. The summed E-state index contributed by atoms with van der Waals surface area (Å²) in [5.41, 5.74) is 3.44. The molecule has 1 aromatic heterocycles. The molecular formula is C25H21ClN4O2. The summed E-state index contributed by atoms with van der Waals surface area (Å²) >= 11 is 5.92. The van der Waals surface area contributed by atoms with Crippen molar-refractivity contribution < 1.29 is 9.59 Å². The second-order valence-corrected chi connectivity index (χ2v) is 8.31. The van der Waals surface area contributed by atoms with E-state index >= 15 is 0 Å². The van der Waals surface area contributed by atoms with Crippen LogP contribution in [0.2, 0.25) is 5.02 Å². The maximum atomic E-state index is 13.5. The summed E-state index contributed by atoms with van der Waals surface area (Å²) < 4.78 is 2.04. The average Bonchev–Trinajstić information content (AvgIpc) is 3.17. The molecular weight excluding hydrogens is 424 g/mol. The predicted octanol–water partition coefficient (Wildman–Crippen LogP) is 4.88. The zero-order valence-corrected chi connectivity index (χ0v) is 18.0. The maximum absolute atomic E-state index is 13.5. The van der Waals surface area contributed by atoms with Gasteiger partial charge in [-0.2, -0.15) is 0 Å². The molecule has 0 aliphatic carbocycles. The van der Waals surface area contributed by atoms with Crippen LogP contribution in [0, 0.1) is 5.92 Å². The van der Waals surface area contributed by atoms with E-state index < -0.39 is 5.92 Å². The SMILES string of the molecule is O=C(CC1Cn2c(nc3ccccc32)N(Cc2ccccc2)C1=O)Nc1ccc(Cl)cc1. The molecule has 160 valence electrons. The van der Waals surface area contributed by atoms with Crippen LogP contribution in [0.25, 0.3) is 11.0 Å². The van der Waals surface area contributed by atoms with E-state index in [4.69, 9.17) is 16.6 Å². The van der Waals surface area contributed by atoms with Crippen molar-refractivity contribution in [2.24, 2.45) is 5.92 Å². The number of rotatable bonds is 5. The van der Waals surface area contributed by atoms with Gasteiger partial charge in [0.1, 0.15) is 0 Å². The standard InChI is InChI=1S/C25H21ClN4O2/c26-19-10-12-20(13-11-19)27-23(31)14-18-16-29-22-9-5-4-8-21(22)28-25(29)30(24(18)32)15-17-6-2-1-3-7-17/h1-13,18H,14-16H2,(H,27,31). The molecule has 32 heavy (non-hydrogen) atoms. The van der Waals surface area contributed by atoms with Crippen LogP contribution in [-0.2, 0) is 22.7 Å². The quantitative estimate of drug-likeness (QED) is 0.477. The number of amides is 2. The third-order valence-electron chi connectivity index (χ3n) is 5.64. The number of nitrogens with zero attached hydrogens (tertiary/aromatic N) is 3. The van der Waals surface area contributed by atoms with E-state index in [1.165, 1.54) is 0 Å². The fraction of sp³-hybridized carbons (Fsp3) is 0.160. The molecule has 0 saturated carbocycles. The largest absolute Gasteiger partial charge is 0.326 e. The van der Waals surface area contributed by atoms with E-state index in [2.05, 4.69) is 5.32 Å². The lowest BCUT2D eigenvalue weighted by atomic mass is 10.0. The number of hydrogen-bond acceptors (Lipinski definition) is 3. The molecule has 3 aromatic carbocycles. The first-order chi connectivity index (χ1) is 15.6. The number of nitrogens with one attached hydrogen (secondary N) is 1. The smallest absolute Gasteiger partial charge is 0.235 e. The van der Waals surface area contributed by atoms with Crippen LogP contribution in [0.4, 0.5) is 11.6 Å². The molecule has 0 spiro atoms. The molecule has 2 amide bonds. The average molecular weight is 445 g/mol. The summed E-state index contributed by atoms with van der Waals surface area (Å²) in [5.74, 6) is -0.174. The van der Waals surface area contributed by atoms with Crippen molar-refractivity contribution in [3.63, 3.8) is 0 Å². The first-order valence-electron chi connectivity index (χ1n) is 10.4. The molecule has 4 aromatic rings. The highest BCUT2D eigenvalue weighted by Gasteiger charge is 2.36. The molecule has 1 unspecified atom stereocenters. The second-order valence-electron chi connectivity index (χ2n) is 7.88. The van der Waals surface area contributed by atoms with Gasteiger partial charge in [0.25, 0.3) is 0 Å². The molecule has 0 bridgehead atoms. The Kier molecular flexibility index (Phi) is 5.37. The van der Waals surface area contributed by atoms with Crippen molar-refractivity contribution in [1.29, 1.82) is 0 Å². The van der Waals surface area contributed by atoms with Crippen molar-refractivity contribution in [3.05, 3.63) is 89.4 Å². The lowest BCUT2D eigenvalue weighted by molar-refractivity contribution is -0.127. The van der Waals surface area contributed by atoms with E-state index in [0.29, 0.717) is 29.7 Å². The van der Waals surface area contributed by atoms with Gasteiger partial charge in [0.2, 0.25) is 17.8 Å². The predicted molar refractivity (Wildman–Crippen MR) is 126 cm³/mol. The van der Waals surface area contributed by atoms with Crippen molar-refractivity contribution in [3.8, 4) is 0 Å². The Morgan fingerprint density at radius 2 is 1.72 bits per heavy atom. The molecule has 1 aliphatic heterocycles. The Balaban J connectivity index is 1.44. The molecule has 1 N–H and O–H groups in total. The minimum absolute atomic E-state index is 0.0820. The van der Waals surface area contributed by atoms with Crippen molar-refractivity contribution >= 4 is 46.1 Å². The van der Waals surface area contributed by atoms with Gasteiger partial charge in [-0.3, -0.25) is 14.5 Å². The number of carbonyl (C=O) groups excluding carboxylic acids is 2. The van der Waals surface area contributed by atoms with Gasteiger partial charge >= 0.3 is 0 Å². The number of imidazole rings is 1. The van der Waals surface area contributed by atoms with Crippen molar-refractivity contribution in [2.75, 3.05) is 10.2 Å². The van der Waals surface area contributed by atoms with Gasteiger partial charge in [0, 0.05) is 23.7 Å². The van der Waals surface area contributed by atoms with Gasteiger partial charge in [-0.05, 0) is 42.0 Å². The molecule has 6 nitrogen and oxygen atoms in total. The zero-order valence-electron chi connectivity index (χ0n) is 17.2. The summed E-state index contributed by atoms with van der Waals surface area (Å²) in [6.07, 6.45) is 0.0820. The van der Waals surface area contributed by atoms with Crippen LogP contribution in [-0.4, -0.2) is 21.4 Å². The zero-order chi connectivity index (χ0) is 22.1. The van der Waals surface area contributed by atoms with Crippen LogP contribution < -0.4 is 10.2 Å². The van der Waals surface area contributed by atoms with Crippen LogP contribution in [0.3, 0.4) is 0 Å². The minimum Gasteiger partial charge on any atom is -0.326 e. The summed E-state index contributed by atoms with van der Waals surface area (Å²) in [6, 6.07) is 24.5. The van der Waals surface area contributed by atoms with E-state index in [1.807, 2.05) is 59.2 Å². The molecule has 1 atom stereocenters. The monoisotopic (exact) mass is 444 g/mol. The minimum atomic E-state index is -0.490. The highest BCUT2D eigenvalue weighted by Crippen LogP contribution is 2.32. The molecule has 0 fully saturated rings. The van der Waals surface area contributed by atoms with Crippen molar-refractivity contribution in [2.45, 2.75) is 19.5 Å². The van der Waals surface area contributed by atoms with Crippen LogP contribution in [0.15, 0.2) is 78.9 Å². The Bertz CT molecular complexity index is 1280. The number of carbonyl (C=O) groups is 2. The van der Waals surface area contributed by atoms with E-state index in [1.54, 1.807) is 29.2 Å². The van der Waals surface area contributed by atoms with E-state index in [-0.39, 0.29) is 18.2 Å². The molecule has 0 radical (unpaired) electrons. The van der Waals surface area contributed by atoms with Gasteiger partial charge in [0.05, 0.1) is 23.5 Å².